The van der Waals surface area contributed by atoms with E-state index in [1.165, 1.54) is 14.0 Å². The molecule has 0 saturated carbocycles. The molecule has 0 spiro atoms. The highest BCUT2D eigenvalue weighted by molar-refractivity contribution is 6.05. The molecule has 0 unspecified atom stereocenters. The van der Waals surface area contributed by atoms with Gasteiger partial charge in [0.25, 0.3) is 0 Å². The molecule has 2 rings (SSSR count). The van der Waals surface area contributed by atoms with E-state index in [9.17, 15) is 9.59 Å². The summed E-state index contributed by atoms with van der Waals surface area (Å²) in [5, 5.41) is 0.636. The van der Waals surface area contributed by atoms with Crippen LogP contribution in [0.2, 0.25) is 0 Å². The summed E-state index contributed by atoms with van der Waals surface area (Å²) in [6.45, 7) is 1.39. The van der Waals surface area contributed by atoms with Crippen LogP contribution >= 0.6 is 0 Å². The lowest BCUT2D eigenvalue weighted by atomic mass is 10.1. The second-order valence-corrected chi connectivity index (χ2v) is 3.36. The highest BCUT2D eigenvalue weighted by Gasteiger charge is 2.19. The number of fused-ring (bicyclic) bond motifs is 1. The number of hydrogen-bond donors (Lipinski definition) is 0. The average Bonchev–Trinajstić information content (AvgIpc) is 2.67. The molecule has 0 bridgehead atoms. The van der Waals surface area contributed by atoms with Crippen LogP contribution in [0, 0.1) is 0 Å². The maximum Gasteiger partial charge on any atom is 0.212 e. The first-order valence-corrected chi connectivity index (χ1v) is 4.74. The summed E-state index contributed by atoms with van der Waals surface area (Å²) in [6, 6.07) is 5.09. The van der Waals surface area contributed by atoms with E-state index in [1.807, 2.05) is 0 Å². The average molecular weight is 218 g/mol. The quantitative estimate of drug-likeness (QED) is 0.586. The topological polar surface area (TPSA) is 56.5 Å². The van der Waals surface area contributed by atoms with Crippen molar-refractivity contribution in [3.05, 3.63) is 29.5 Å². The van der Waals surface area contributed by atoms with E-state index < -0.39 is 0 Å². The van der Waals surface area contributed by atoms with Crippen molar-refractivity contribution in [2.24, 2.45) is 0 Å². The number of rotatable bonds is 3. The van der Waals surface area contributed by atoms with Crippen LogP contribution in [0.1, 0.15) is 27.8 Å². The summed E-state index contributed by atoms with van der Waals surface area (Å²) in [5.74, 6) is 0.294. The Kier molecular flexibility index (Phi) is 2.48. The predicted octanol–water partition coefficient (Wildman–Crippen LogP) is 2.46. The molecule has 0 aliphatic carbocycles. The van der Waals surface area contributed by atoms with Crippen molar-refractivity contribution in [3.8, 4) is 5.75 Å². The van der Waals surface area contributed by atoms with Gasteiger partial charge in [-0.05, 0) is 12.1 Å². The molecule has 4 heteroatoms. The first-order chi connectivity index (χ1) is 7.69. The molecule has 0 fully saturated rings. The second-order valence-electron chi connectivity index (χ2n) is 3.36. The summed E-state index contributed by atoms with van der Waals surface area (Å²) in [7, 11) is 1.46. The number of Topliss-reactive ketones (excluding diaryl/α,β-unsaturated/α-hetero) is 1. The van der Waals surface area contributed by atoms with Gasteiger partial charge in [0.05, 0.1) is 18.1 Å². The Morgan fingerprint density at radius 2 is 2.19 bits per heavy atom. The summed E-state index contributed by atoms with van der Waals surface area (Å²) in [6.07, 6.45) is 0.690. The zero-order valence-corrected chi connectivity index (χ0v) is 8.94. The number of hydrogen-bond acceptors (Lipinski definition) is 4. The number of benzene rings is 1. The fourth-order valence-electron chi connectivity index (χ4n) is 1.65. The van der Waals surface area contributed by atoms with Crippen molar-refractivity contribution in [2.75, 3.05) is 7.11 Å². The Morgan fingerprint density at radius 1 is 1.44 bits per heavy atom. The van der Waals surface area contributed by atoms with Gasteiger partial charge in [0.15, 0.2) is 17.8 Å². The third kappa shape index (κ3) is 1.39. The number of para-hydroxylation sites is 1. The number of methoxy groups -OCH3 is 1. The Hall–Kier alpha value is -2.10. The summed E-state index contributed by atoms with van der Waals surface area (Å²) < 4.78 is 10.5. The van der Waals surface area contributed by atoms with Crippen LogP contribution in [0.5, 0.6) is 5.75 Å². The molecule has 1 heterocycles. The molecular formula is C12H10O4. The third-order valence-corrected chi connectivity index (χ3v) is 2.35. The molecule has 0 aliphatic heterocycles. The zero-order valence-electron chi connectivity index (χ0n) is 8.94. The molecular weight excluding hydrogens is 208 g/mol. The van der Waals surface area contributed by atoms with Crippen LogP contribution in [0.15, 0.2) is 22.6 Å². The summed E-state index contributed by atoms with van der Waals surface area (Å²) >= 11 is 0. The van der Waals surface area contributed by atoms with E-state index in [0.29, 0.717) is 28.6 Å². The standard InChI is InChI=1S/C12H10O4/c1-7(14)10-12(15-2)9-5-3-4-8(6-13)11(9)16-10/h3-6H,1-2H3. The van der Waals surface area contributed by atoms with Gasteiger partial charge in [-0.1, -0.05) is 6.07 Å². The number of ketones is 1. The van der Waals surface area contributed by atoms with Gasteiger partial charge in [0.1, 0.15) is 5.58 Å². The minimum atomic E-state index is -0.232. The Bertz CT molecular complexity index is 566. The van der Waals surface area contributed by atoms with E-state index >= 15 is 0 Å². The van der Waals surface area contributed by atoms with Crippen LogP contribution in [-0.2, 0) is 0 Å². The zero-order chi connectivity index (χ0) is 11.7. The number of carbonyl (C=O) groups excluding carboxylic acids is 2. The number of carbonyl (C=O) groups is 2. The van der Waals surface area contributed by atoms with Crippen LogP contribution in [0.4, 0.5) is 0 Å². The molecule has 4 nitrogen and oxygen atoms in total. The fourth-order valence-corrected chi connectivity index (χ4v) is 1.65. The van der Waals surface area contributed by atoms with E-state index in [4.69, 9.17) is 9.15 Å². The van der Waals surface area contributed by atoms with Crippen molar-refractivity contribution in [3.63, 3.8) is 0 Å². The molecule has 82 valence electrons. The van der Waals surface area contributed by atoms with Gasteiger partial charge in [-0.2, -0.15) is 0 Å². The van der Waals surface area contributed by atoms with Crippen molar-refractivity contribution in [1.82, 2.24) is 0 Å². The molecule has 0 amide bonds. The maximum atomic E-state index is 11.3. The van der Waals surface area contributed by atoms with Crippen LogP contribution < -0.4 is 4.74 Å². The van der Waals surface area contributed by atoms with Gasteiger partial charge < -0.3 is 9.15 Å². The largest absolute Gasteiger partial charge is 0.492 e. The van der Waals surface area contributed by atoms with Gasteiger partial charge in [0, 0.05) is 6.92 Å². The van der Waals surface area contributed by atoms with Gasteiger partial charge in [-0.15, -0.1) is 0 Å². The minimum absolute atomic E-state index is 0.145. The van der Waals surface area contributed by atoms with Crippen molar-refractivity contribution < 1.29 is 18.7 Å². The molecule has 1 aromatic heterocycles. The van der Waals surface area contributed by atoms with Gasteiger partial charge in [0.2, 0.25) is 5.76 Å². The number of furan rings is 1. The van der Waals surface area contributed by atoms with E-state index in [-0.39, 0.29) is 11.5 Å². The molecule has 0 saturated heterocycles. The number of aldehydes is 1. The SMILES string of the molecule is COc1c(C(C)=O)oc2c(C=O)cccc12. The smallest absolute Gasteiger partial charge is 0.212 e. The van der Waals surface area contributed by atoms with Crippen molar-refractivity contribution in [2.45, 2.75) is 6.92 Å². The van der Waals surface area contributed by atoms with Crippen molar-refractivity contribution >= 4 is 23.0 Å². The molecule has 16 heavy (non-hydrogen) atoms. The first-order valence-electron chi connectivity index (χ1n) is 4.74. The lowest BCUT2D eigenvalue weighted by Crippen LogP contribution is -1.92. The van der Waals surface area contributed by atoms with E-state index in [2.05, 4.69) is 0 Å². The van der Waals surface area contributed by atoms with Gasteiger partial charge in [-0.25, -0.2) is 0 Å². The van der Waals surface area contributed by atoms with Crippen molar-refractivity contribution in [1.29, 1.82) is 0 Å². The molecule has 0 radical (unpaired) electrons. The highest BCUT2D eigenvalue weighted by Crippen LogP contribution is 2.34. The lowest BCUT2D eigenvalue weighted by molar-refractivity contribution is 0.0984. The normalized spacial score (nSPS) is 10.4. The molecule has 0 aliphatic rings. The summed E-state index contributed by atoms with van der Waals surface area (Å²) in [4.78, 5) is 22.1. The van der Waals surface area contributed by atoms with E-state index in [0.717, 1.165) is 0 Å². The Morgan fingerprint density at radius 3 is 2.75 bits per heavy atom. The predicted molar refractivity (Wildman–Crippen MR) is 58.2 cm³/mol. The van der Waals surface area contributed by atoms with Gasteiger partial charge >= 0.3 is 0 Å². The van der Waals surface area contributed by atoms with Crippen LogP contribution in [-0.4, -0.2) is 19.2 Å². The summed E-state index contributed by atoms with van der Waals surface area (Å²) in [5.41, 5.74) is 0.794. The van der Waals surface area contributed by atoms with Crippen LogP contribution in [0.3, 0.4) is 0 Å². The molecule has 1 aromatic carbocycles. The Labute approximate surface area is 91.8 Å². The minimum Gasteiger partial charge on any atom is -0.492 e. The second kappa shape index (κ2) is 3.81. The van der Waals surface area contributed by atoms with E-state index in [1.54, 1.807) is 18.2 Å². The maximum absolute atomic E-state index is 11.3. The molecule has 0 atom stereocenters. The van der Waals surface area contributed by atoms with Crippen LogP contribution in [0.25, 0.3) is 11.0 Å². The fraction of sp³-hybridized carbons (Fsp3) is 0.167. The molecule has 2 aromatic rings. The monoisotopic (exact) mass is 218 g/mol. The third-order valence-electron chi connectivity index (χ3n) is 2.35. The van der Waals surface area contributed by atoms with Gasteiger partial charge in [-0.3, -0.25) is 9.59 Å². The Balaban J connectivity index is 2.86. The number of ether oxygens (including phenoxy) is 1. The first kappa shape index (κ1) is 10.4. The highest BCUT2D eigenvalue weighted by atomic mass is 16.5. The lowest BCUT2D eigenvalue weighted by Gasteiger charge is -1.96. The molecule has 0 N–H and O–H groups in total.